The Morgan fingerprint density at radius 3 is 2.56 bits per heavy atom. The molecule has 1 aromatic rings. The molecule has 5 nitrogen and oxygen atoms in total. The number of unbranched alkanes of at least 4 members (excludes halogenated alkanes) is 1. The zero-order valence-corrected chi connectivity index (χ0v) is 16.9. The van der Waals surface area contributed by atoms with Gasteiger partial charge >= 0.3 is 6.18 Å². The number of aliphatic imine (C=N–C) groups is 1. The van der Waals surface area contributed by atoms with Gasteiger partial charge in [0.1, 0.15) is 0 Å². The van der Waals surface area contributed by atoms with Crippen molar-refractivity contribution in [1.29, 1.82) is 0 Å². The van der Waals surface area contributed by atoms with Crippen molar-refractivity contribution in [2.45, 2.75) is 45.8 Å². The van der Waals surface area contributed by atoms with Gasteiger partial charge in [0, 0.05) is 37.9 Å². The Kier molecular flexibility index (Phi) is 11.5. The monoisotopic (exact) mass is 474 g/mol. The molecule has 0 spiro atoms. The Bertz CT molecular complexity index is 587. The van der Waals surface area contributed by atoms with Crippen LogP contribution in [0.3, 0.4) is 0 Å². The van der Waals surface area contributed by atoms with Crippen molar-refractivity contribution in [3.63, 3.8) is 0 Å². The number of rotatable bonds is 8. The van der Waals surface area contributed by atoms with Crippen molar-refractivity contribution in [1.82, 2.24) is 15.2 Å². The maximum atomic E-state index is 12.1. The summed E-state index contributed by atoms with van der Waals surface area (Å²) in [6.07, 6.45) is -3.55. The fourth-order valence-corrected chi connectivity index (χ4v) is 2.15. The molecule has 0 radical (unpaired) electrons. The summed E-state index contributed by atoms with van der Waals surface area (Å²) in [4.78, 5) is 16.0. The quantitative estimate of drug-likeness (QED) is 0.264. The van der Waals surface area contributed by atoms with Crippen molar-refractivity contribution in [3.05, 3.63) is 34.2 Å². The zero-order valence-electron chi connectivity index (χ0n) is 14.5. The summed E-state index contributed by atoms with van der Waals surface area (Å²) in [5.41, 5.74) is 0.883. The third kappa shape index (κ3) is 10.4. The second kappa shape index (κ2) is 12.2. The lowest BCUT2D eigenvalue weighted by molar-refractivity contribution is -0.132. The van der Waals surface area contributed by atoms with E-state index in [4.69, 9.17) is 0 Å². The van der Waals surface area contributed by atoms with E-state index in [-0.39, 0.29) is 36.1 Å². The highest BCUT2D eigenvalue weighted by Gasteiger charge is 2.26. The van der Waals surface area contributed by atoms with E-state index in [2.05, 4.69) is 15.6 Å². The predicted molar refractivity (Wildman–Crippen MR) is 105 cm³/mol. The molecule has 0 saturated heterocycles. The van der Waals surface area contributed by atoms with Gasteiger partial charge in [0.25, 0.3) is 5.56 Å². The number of guanidine groups is 1. The first-order valence-electron chi connectivity index (χ1n) is 8.09. The molecule has 25 heavy (non-hydrogen) atoms. The molecule has 1 rings (SSSR count). The van der Waals surface area contributed by atoms with Gasteiger partial charge in [-0.1, -0.05) is 6.07 Å². The van der Waals surface area contributed by atoms with Crippen LogP contribution in [0.5, 0.6) is 0 Å². The smallest absolute Gasteiger partial charge is 0.357 e. The Balaban J connectivity index is 0.00000576. The third-order valence-electron chi connectivity index (χ3n) is 3.37. The highest BCUT2D eigenvalue weighted by atomic mass is 127. The van der Waals surface area contributed by atoms with E-state index in [9.17, 15) is 18.0 Å². The summed E-state index contributed by atoms with van der Waals surface area (Å²) in [5.74, 6) is 0.384. The lowest BCUT2D eigenvalue weighted by atomic mass is 10.3. The lowest BCUT2D eigenvalue weighted by Crippen LogP contribution is -2.39. The first kappa shape index (κ1) is 23.7. The van der Waals surface area contributed by atoms with Crippen molar-refractivity contribution >= 4 is 29.9 Å². The Hall–Kier alpha value is -1.26. The minimum atomic E-state index is -4.18. The van der Waals surface area contributed by atoms with Crippen LogP contribution in [-0.2, 0) is 6.54 Å². The van der Waals surface area contributed by atoms with Crippen molar-refractivity contribution in [2.24, 2.45) is 4.99 Å². The number of alkyl halides is 3. The van der Waals surface area contributed by atoms with E-state index in [0.717, 1.165) is 18.5 Å². The van der Waals surface area contributed by atoms with Crippen molar-refractivity contribution in [2.75, 3.05) is 19.6 Å². The number of nitrogens with one attached hydrogen (secondary N) is 2. The summed E-state index contributed by atoms with van der Waals surface area (Å²) >= 11 is 0. The van der Waals surface area contributed by atoms with Crippen molar-refractivity contribution in [3.8, 4) is 0 Å². The zero-order chi connectivity index (χ0) is 18.0. The largest absolute Gasteiger partial charge is 0.390 e. The van der Waals surface area contributed by atoms with Gasteiger partial charge in [-0.05, 0) is 32.8 Å². The summed E-state index contributed by atoms with van der Waals surface area (Å²) in [6.45, 7) is 5.21. The molecule has 0 aliphatic carbocycles. The van der Waals surface area contributed by atoms with Crippen LogP contribution >= 0.6 is 24.0 Å². The molecule has 0 atom stereocenters. The van der Waals surface area contributed by atoms with E-state index in [1.165, 1.54) is 6.07 Å². The number of hydrogen-bond donors (Lipinski definition) is 2. The number of halogens is 4. The topological polar surface area (TPSA) is 58.4 Å². The SMILES string of the molecule is CCNC(=NCCCCn1c(C)cccc1=O)NCCC(F)(F)F.I. The lowest BCUT2D eigenvalue weighted by Gasteiger charge is -2.12. The predicted octanol–water partition coefficient (Wildman–Crippen LogP) is 3.06. The first-order valence-corrected chi connectivity index (χ1v) is 8.09. The van der Waals surface area contributed by atoms with Gasteiger partial charge in [-0.15, -0.1) is 24.0 Å². The van der Waals surface area contributed by atoms with Gasteiger partial charge in [0.15, 0.2) is 5.96 Å². The Labute approximate surface area is 163 Å². The standard InChI is InChI=1S/C16H25F3N4O.HI/c1-3-20-15(22-11-9-16(17,18)19)21-10-4-5-12-23-13(2)7-6-8-14(23)24;/h6-8H,3-5,9-12H2,1-2H3,(H2,20,21,22);1H. The molecule has 0 bridgehead atoms. The number of pyridine rings is 1. The van der Waals surface area contributed by atoms with Gasteiger partial charge in [-0.25, -0.2) is 0 Å². The summed E-state index contributed by atoms with van der Waals surface area (Å²) < 4.78 is 38.1. The Morgan fingerprint density at radius 2 is 1.96 bits per heavy atom. The van der Waals surface area contributed by atoms with Gasteiger partial charge in [-0.3, -0.25) is 9.79 Å². The maximum absolute atomic E-state index is 12.1. The van der Waals surface area contributed by atoms with Crippen molar-refractivity contribution < 1.29 is 13.2 Å². The van der Waals surface area contributed by atoms with Gasteiger partial charge in [0.2, 0.25) is 0 Å². The molecule has 9 heteroatoms. The van der Waals surface area contributed by atoms with E-state index >= 15 is 0 Å². The molecule has 144 valence electrons. The van der Waals surface area contributed by atoms with E-state index in [1.807, 2.05) is 19.9 Å². The number of aromatic nitrogens is 1. The van der Waals surface area contributed by atoms with Crippen LogP contribution in [0.15, 0.2) is 28.0 Å². The van der Waals surface area contributed by atoms with Crippen LogP contribution in [-0.4, -0.2) is 36.3 Å². The van der Waals surface area contributed by atoms with Gasteiger partial charge in [-0.2, -0.15) is 13.2 Å². The van der Waals surface area contributed by atoms with Crippen LogP contribution < -0.4 is 16.2 Å². The summed E-state index contributed by atoms with van der Waals surface area (Å²) in [5, 5.41) is 5.58. The van der Waals surface area contributed by atoms with Crippen LogP contribution in [0, 0.1) is 6.92 Å². The molecule has 0 aliphatic heterocycles. The molecular formula is C16H26F3IN4O. The second-order valence-electron chi connectivity index (χ2n) is 5.42. The number of hydrogen-bond acceptors (Lipinski definition) is 2. The molecule has 0 amide bonds. The van der Waals surface area contributed by atoms with Gasteiger partial charge < -0.3 is 15.2 Å². The molecule has 1 aromatic heterocycles. The third-order valence-corrected chi connectivity index (χ3v) is 3.37. The van der Waals surface area contributed by atoms with Crippen LogP contribution in [0.1, 0.15) is 31.9 Å². The highest BCUT2D eigenvalue weighted by Crippen LogP contribution is 2.17. The van der Waals surface area contributed by atoms with Crippen LogP contribution in [0.2, 0.25) is 0 Å². The number of nitrogens with zero attached hydrogens (tertiary/aromatic N) is 2. The minimum Gasteiger partial charge on any atom is -0.357 e. The Morgan fingerprint density at radius 1 is 1.24 bits per heavy atom. The molecule has 2 N–H and O–H groups in total. The number of aryl methyl sites for hydroxylation is 1. The molecule has 0 unspecified atom stereocenters. The normalized spacial score (nSPS) is 11.8. The minimum absolute atomic E-state index is 0. The highest BCUT2D eigenvalue weighted by molar-refractivity contribution is 14.0. The average molecular weight is 474 g/mol. The fraction of sp³-hybridized carbons (Fsp3) is 0.625. The average Bonchev–Trinajstić information content (AvgIpc) is 2.48. The van der Waals surface area contributed by atoms with E-state index in [1.54, 1.807) is 10.6 Å². The molecule has 0 saturated carbocycles. The molecule has 1 heterocycles. The van der Waals surface area contributed by atoms with E-state index in [0.29, 0.717) is 25.6 Å². The van der Waals surface area contributed by atoms with Crippen LogP contribution in [0.4, 0.5) is 13.2 Å². The molecular weight excluding hydrogens is 448 g/mol. The maximum Gasteiger partial charge on any atom is 0.390 e. The van der Waals surface area contributed by atoms with Gasteiger partial charge in [0.05, 0.1) is 6.42 Å². The van der Waals surface area contributed by atoms with Crippen LogP contribution in [0.25, 0.3) is 0 Å². The first-order chi connectivity index (χ1) is 11.3. The molecule has 0 fully saturated rings. The van der Waals surface area contributed by atoms with E-state index < -0.39 is 12.6 Å². The fourth-order valence-electron chi connectivity index (χ4n) is 2.15. The molecule has 0 aromatic carbocycles. The summed E-state index contributed by atoms with van der Waals surface area (Å²) in [7, 11) is 0. The molecule has 0 aliphatic rings. The summed E-state index contributed by atoms with van der Waals surface area (Å²) in [6, 6.07) is 5.14. The second-order valence-corrected chi connectivity index (χ2v) is 5.42.